The van der Waals surface area contributed by atoms with Gasteiger partial charge in [-0.3, -0.25) is 0 Å². The van der Waals surface area contributed by atoms with E-state index in [9.17, 15) is 0 Å². The molecular formula is C9H14BrNOS. The second-order valence-corrected chi connectivity index (χ2v) is 5.36. The summed E-state index contributed by atoms with van der Waals surface area (Å²) in [6, 6.07) is 4.16. The minimum atomic E-state index is 0.0290. The summed E-state index contributed by atoms with van der Waals surface area (Å²) in [6.07, 6.45) is 0.954. The lowest BCUT2D eigenvalue weighted by Gasteiger charge is -2.19. The number of nitrogens with two attached hydrogens (primary N) is 1. The summed E-state index contributed by atoms with van der Waals surface area (Å²) in [6.45, 7) is 2.07. The molecule has 74 valence electrons. The maximum absolute atomic E-state index is 5.94. The van der Waals surface area contributed by atoms with E-state index >= 15 is 0 Å². The van der Waals surface area contributed by atoms with E-state index in [1.165, 1.54) is 4.88 Å². The van der Waals surface area contributed by atoms with E-state index < -0.39 is 0 Å². The first-order chi connectivity index (χ1) is 6.19. The van der Waals surface area contributed by atoms with Gasteiger partial charge in [0.15, 0.2) is 0 Å². The van der Waals surface area contributed by atoms with Gasteiger partial charge in [0.2, 0.25) is 0 Å². The molecule has 13 heavy (non-hydrogen) atoms. The second-order valence-electron chi connectivity index (χ2n) is 2.87. The molecule has 0 aliphatic rings. The van der Waals surface area contributed by atoms with Gasteiger partial charge >= 0.3 is 0 Å². The van der Waals surface area contributed by atoms with E-state index in [0.717, 1.165) is 10.2 Å². The third kappa shape index (κ3) is 2.77. The van der Waals surface area contributed by atoms with Crippen molar-refractivity contribution in [3.63, 3.8) is 0 Å². The topological polar surface area (TPSA) is 35.2 Å². The van der Waals surface area contributed by atoms with Gasteiger partial charge in [-0.2, -0.15) is 0 Å². The molecular weight excluding hydrogens is 250 g/mol. The van der Waals surface area contributed by atoms with Gasteiger partial charge in [-0.25, -0.2) is 0 Å². The van der Waals surface area contributed by atoms with Gasteiger partial charge in [-0.05, 0) is 34.5 Å². The van der Waals surface area contributed by atoms with Crippen molar-refractivity contribution in [2.45, 2.75) is 25.5 Å². The monoisotopic (exact) mass is 263 g/mol. The lowest BCUT2D eigenvalue weighted by Crippen LogP contribution is -2.28. The summed E-state index contributed by atoms with van der Waals surface area (Å²) in [5.74, 6) is 0. The van der Waals surface area contributed by atoms with E-state index in [2.05, 4.69) is 28.9 Å². The van der Waals surface area contributed by atoms with Gasteiger partial charge in [0.25, 0.3) is 0 Å². The van der Waals surface area contributed by atoms with Crippen LogP contribution in [0.25, 0.3) is 0 Å². The summed E-state index contributed by atoms with van der Waals surface area (Å²) in [7, 11) is 1.70. The summed E-state index contributed by atoms with van der Waals surface area (Å²) < 4.78 is 6.49. The normalized spacial score (nSPS) is 15.7. The summed E-state index contributed by atoms with van der Waals surface area (Å²) >= 11 is 5.10. The third-order valence-electron chi connectivity index (χ3n) is 1.99. The van der Waals surface area contributed by atoms with Crippen LogP contribution in [0.2, 0.25) is 0 Å². The molecule has 0 radical (unpaired) electrons. The average molecular weight is 264 g/mol. The van der Waals surface area contributed by atoms with Gasteiger partial charge in [0.1, 0.15) is 6.10 Å². The van der Waals surface area contributed by atoms with Gasteiger partial charge in [0.05, 0.1) is 3.79 Å². The summed E-state index contributed by atoms with van der Waals surface area (Å²) in [5.41, 5.74) is 5.94. The van der Waals surface area contributed by atoms with Crippen LogP contribution >= 0.6 is 27.3 Å². The fourth-order valence-electron chi connectivity index (χ4n) is 1.20. The fourth-order valence-corrected chi connectivity index (χ4v) is 2.77. The zero-order valence-corrected chi connectivity index (χ0v) is 10.2. The Kier molecular flexibility index (Phi) is 4.38. The quantitative estimate of drug-likeness (QED) is 0.907. The Bertz CT molecular complexity index is 264. The van der Waals surface area contributed by atoms with Crippen molar-refractivity contribution < 1.29 is 4.74 Å². The maximum Gasteiger partial charge on any atom is 0.106 e. The first kappa shape index (κ1) is 11.2. The number of thiophene rings is 1. The Morgan fingerprint density at radius 3 is 2.69 bits per heavy atom. The Morgan fingerprint density at radius 1 is 1.62 bits per heavy atom. The molecule has 2 unspecified atom stereocenters. The van der Waals surface area contributed by atoms with Crippen LogP contribution in [0.1, 0.15) is 24.3 Å². The van der Waals surface area contributed by atoms with Crippen molar-refractivity contribution in [1.29, 1.82) is 0 Å². The Labute approximate surface area is 91.2 Å². The molecule has 4 heteroatoms. The van der Waals surface area contributed by atoms with Crippen molar-refractivity contribution in [2.75, 3.05) is 7.11 Å². The molecule has 0 fully saturated rings. The summed E-state index contributed by atoms with van der Waals surface area (Å²) in [5, 5.41) is 0. The highest BCUT2D eigenvalue weighted by atomic mass is 79.9. The van der Waals surface area contributed by atoms with Crippen LogP contribution in [0.15, 0.2) is 15.9 Å². The number of methoxy groups -OCH3 is 1. The predicted octanol–water partition coefficient (Wildman–Crippen LogP) is 2.94. The van der Waals surface area contributed by atoms with Crippen LogP contribution in [0.4, 0.5) is 0 Å². The molecule has 2 nitrogen and oxygen atoms in total. The molecule has 2 atom stereocenters. The Hall–Kier alpha value is 0.1000. The molecule has 0 bridgehead atoms. The Morgan fingerprint density at radius 2 is 2.31 bits per heavy atom. The number of halogens is 1. The highest BCUT2D eigenvalue weighted by Gasteiger charge is 2.19. The van der Waals surface area contributed by atoms with Crippen LogP contribution in [0, 0.1) is 0 Å². The molecule has 2 N–H and O–H groups in total. The van der Waals surface area contributed by atoms with Crippen molar-refractivity contribution in [2.24, 2.45) is 5.73 Å². The minimum absolute atomic E-state index is 0.0290. The molecule has 1 heterocycles. The molecule has 0 spiro atoms. The van der Waals surface area contributed by atoms with E-state index in [-0.39, 0.29) is 12.1 Å². The smallest absolute Gasteiger partial charge is 0.106 e. The van der Waals surface area contributed by atoms with E-state index in [0.29, 0.717) is 0 Å². The highest BCUT2D eigenvalue weighted by molar-refractivity contribution is 9.11. The van der Waals surface area contributed by atoms with Crippen LogP contribution in [-0.4, -0.2) is 13.2 Å². The number of hydrogen-bond donors (Lipinski definition) is 1. The fraction of sp³-hybridized carbons (Fsp3) is 0.556. The second kappa shape index (κ2) is 5.10. The van der Waals surface area contributed by atoms with E-state index in [4.69, 9.17) is 10.5 Å². The van der Waals surface area contributed by atoms with Crippen LogP contribution < -0.4 is 5.73 Å². The zero-order valence-electron chi connectivity index (χ0n) is 7.79. The van der Waals surface area contributed by atoms with Gasteiger partial charge in [0, 0.05) is 18.0 Å². The van der Waals surface area contributed by atoms with E-state index in [1.807, 2.05) is 6.07 Å². The predicted molar refractivity (Wildman–Crippen MR) is 60.0 cm³/mol. The molecule has 1 rings (SSSR count). The van der Waals surface area contributed by atoms with Gasteiger partial charge in [-0.15, -0.1) is 11.3 Å². The summed E-state index contributed by atoms with van der Waals surface area (Å²) in [4.78, 5) is 1.18. The molecule has 0 aliphatic carbocycles. The van der Waals surface area contributed by atoms with Gasteiger partial charge in [-0.1, -0.05) is 6.92 Å². The molecule has 1 aromatic rings. The molecule has 0 aliphatic heterocycles. The molecule has 0 amide bonds. The number of rotatable bonds is 4. The van der Waals surface area contributed by atoms with Crippen LogP contribution in [0.5, 0.6) is 0 Å². The molecule has 0 saturated heterocycles. The number of ether oxygens (including phenoxy) is 1. The molecule has 1 aromatic heterocycles. The highest BCUT2D eigenvalue weighted by Crippen LogP contribution is 2.30. The first-order valence-electron chi connectivity index (χ1n) is 4.22. The minimum Gasteiger partial charge on any atom is -0.374 e. The van der Waals surface area contributed by atoms with Crippen molar-refractivity contribution >= 4 is 27.3 Å². The molecule has 0 saturated carbocycles. The lowest BCUT2D eigenvalue weighted by atomic mass is 10.1. The Balaban J connectivity index is 2.77. The van der Waals surface area contributed by atoms with Crippen LogP contribution in [0.3, 0.4) is 0 Å². The number of hydrogen-bond acceptors (Lipinski definition) is 3. The average Bonchev–Trinajstić information content (AvgIpc) is 2.53. The first-order valence-corrected chi connectivity index (χ1v) is 5.83. The van der Waals surface area contributed by atoms with Crippen LogP contribution in [-0.2, 0) is 4.74 Å². The molecule has 0 aromatic carbocycles. The van der Waals surface area contributed by atoms with E-state index in [1.54, 1.807) is 18.4 Å². The third-order valence-corrected chi connectivity index (χ3v) is 3.67. The lowest BCUT2D eigenvalue weighted by molar-refractivity contribution is 0.0820. The zero-order chi connectivity index (χ0) is 9.84. The van der Waals surface area contributed by atoms with Crippen molar-refractivity contribution in [3.8, 4) is 0 Å². The van der Waals surface area contributed by atoms with Gasteiger partial charge < -0.3 is 10.5 Å². The maximum atomic E-state index is 5.94. The largest absolute Gasteiger partial charge is 0.374 e. The SMILES string of the molecule is CCC(N)C(OC)c1ccc(Br)s1. The van der Waals surface area contributed by atoms with Crippen molar-refractivity contribution in [3.05, 3.63) is 20.8 Å². The standard InChI is InChI=1S/C9H14BrNOS/c1-3-6(11)9(12-2)7-4-5-8(10)13-7/h4-6,9H,3,11H2,1-2H3. The van der Waals surface area contributed by atoms with Crippen molar-refractivity contribution in [1.82, 2.24) is 0 Å².